The fourth-order valence-electron chi connectivity index (χ4n) is 8.39. The highest BCUT2D eigenvalue weighted by molar-refractivity contribution is 5.71. The van der Waals surface area contributed by atoms with Crippen LogP contribution in [0.3, 0.4) is 0 Å². The summed E-state index contributed by atoms with van der Waals surface area (Å²) in [5.41, 5.74) is 0. The molecule has 0 aliphatic heterocycles. The lowest BCUT2D eigenvalue weighted by atomic mass is 10.0. The van der Waals surface area contributed by atoms with Crippen LogP contribution in [0.4, 0.5) is 0 Å². The van der Waals surface area contributed by atoms with Crippen LogP contribution in [0.25, 0.3) is 0 Å². The quantitative estimate of drug-likeness (QED) is 0.0261. The normalized spacial score (nSPS) is 13.1. The van der Waals surface area contributed by atoms with Crippen molar-refractivity contribution in [3.8, 4) is 0 Å². The van der Waals surface area contributed by atoms with Crippen LogP contribution in [0.15, 0.2) is 146 Å². The molecule has 440 valence electrons. The molecular formula is C72H116O6. The second-order valence-corrected chi connectivity index (χ2v) is 20.6. The summed E-state index contributed by atoms with van der Waals surface area (Å²) in [4.78, 5) is 38.0. The Labute approximate surface area is 480 Å². The Morgan fingerprint density at radius 3 is 0.782 bits per heavy atom. The van der Waals surface area contributed by atoms with Crippen molar-refractivity contribution in [3.05, 3.63) is 146 Å². The third-order valence-corrected chi connectivity index (χ3v) is 13.1. The second-order valence-electron chi connectivity index (χ2n) is 20.6. The van der Waals surface area contributed by atoms with E-state index < -0.39 is 6.10 Å². The maximum Gasteiger partial charge on any atom is 0.306 e. The molecule has 0 heterocycles. The van der Waals surface area contributed by atoms with Crippen LogP contribution < -0.4 is 0 Å². The van der Waals surface area contributed by atoms with Crippen molar-refractivity contribution in [1.29, 1.82) is 0 Å². The van der Waals surface area contributed by atoms with Crippen LogP contribution in [-0.2, 0) is 28.6 Å². The molecule has 0 bridgehead atoms. The number of carbonyl (C=O) groups excluding carboxylic acids is 3. The van der Waals surface area contributed by atoms with Crippen molar-refractivity contribution < 1.29 is 28.6 Å². The van der Waals surface area contributed by atoms with Crippen molar-refractivity contribution >= 4 is 17.9 Å². The van der Waals surface area contributed by atoms with Crippen LogP contribution in [0.1, 0.15) is 271 Å². The number of carbonyl (C=O) groups is 3. The van der Waals surface area contributed by atoms with E-state index in [-0.39, 0.29) is 31.1 Å². The summed E-state index contributed by atoms with van der Waals surface area (Å²) < 4.78 is 16.8. The lowest BCUT2D eigenvalue weighted by molar-refractivity contribution is -0.167. The van der Waals surface area contributed by atoms with E-state index in [0.717, 1.165) is 154 Å². The standard InChI is InChI=1S/C72H116O6/c1-4-7-10-13-16-18-20-22-24-26-28-30-32-34-36-38-40-42-44-46-48-50-52-54-56-59-62-65-71(74)77-68-69(67-76-70(73)64-61-58-15-12-9-6-3)78-72(75)66-63-60-57-55-53-51-49-47-45-43-41-39-37-35-33-31-29-27-25-23-21-19-17-14-11-8-5-2/h7-8,10-11,16-19,22-25,28-31,34-37,40,42,46,48,69H,4-6,9,12-15,20-21,26-27,32-33,38-39,41,43-45,47,49-68H2,1-3H3/b10-7-,11-8-,18-16-,19-17-,24-22-,25-23-,30-28-,31-29-,36-34-,37-35-,42-40-,48-46-. The molecule has 78 heavy (non-hydrogen) atoms. The molecule has 0 amide bonds. The van der Waals surface area contributed by atoms with E-state index in [4.69, 9.17) is 14.2 Å². The number of esters is 3. The van der Waals surface area contributed by atoms with Gasteiger partial charge in [0.2, 0.25) is 0 Å². The number of hydrogen-bond acceptors (Lipinski definition) is 6. The van der Waals surface area contributed by atoms with Crippen molar-refractivity contribution in [3.63, 3.8) is 0 Å². The van der Waals surface area contributed by atoms with Gasteiger partial charge < -0.3 is 14.2 Å². The maximum atomic E-state index is 12.9. The molecule has 0 saturated heterocycles. The molecule has 0 aromatic carbocycles. The lowest BCUT2D eigenvalue weighted by Crippen LogP contribution is -2.30. The molecule has 0 aromatic heterocycles. The van der Waals surface area contributed by atoms with Gasteiger partial charge in [0.1, 0.15) is 13.2 Å². The topological polar surface area (TPSA) is 78.9 Å². The molecule has 1 unspecified atom stereocenters. The van der Waals surface area contributed by atoms with Crippen LogP contribution in [0.5, 0.6) is 0 Å². The van der Waals surface area contributed by atoms with Gasteiger partial charge in [0, 0.05) is 19.3 Å². The minimum Gasteiger partial charge on any atom is -0.462 e. The monoisotopic (exact) mass is 1080 g/mol. The minimum absolute atomic E-state index is 0.0895. The zero-order valence-electron chi connectivity index (χ0n) is 50.4. The first-order valence-corrected chi connectivity index (χ1v) is 31.8. The maximum absolute atomic E-state index is 12.9. The molecule has 0 N–H and O–H groups in total. The third-order valence-electron chi connectivity index (χ3n) is 13.1. The SMILES string of the molecule is CC/C=C\C/C=C\C/C=C\C/C=C\C/C=C\C/C=C\C/C=C\CCCCCCCC(=O)OCC(COC(=O)CCCCCCCC)OC(=O)CCCCCCCCCCCCC/C=C\C/C=C\C/C=C\C/C=C\C/C=C\CC. The summed E-state index contributed by atoms with van der Waals surface area (Å²) in [5.74, 6) is -0.924. The fraction of sp³-hybridized carbons (Fsp3) is 0.625. The van der Waals surface area contributed by atoms with Crippen LogP contribution in [0.2, 0.25) is 0 Å². The van der Waals surface area contributed by atoms with Crippen LogP contribution in [-0.4, -0.2) is 37.2 Å². The summed E-state index contributed by atoms with van der Waals surface area (Å²) in [6.45, 7) is 6.33. The summed E-state index contributed by atoms with van der Waals surface area (Å²) >= 11 is 0. The van der Waals surface area contributed by atoms with E-state index in [1.807, 2.05) is 0 Å². The first-order chi connectivity index (χ1) is 38.5. The third kappa shape index (κ3) is 62.1. The van der Waals surface area contributed by atoms with Crippen molar-refractivity contribution in [2.75, 3.05) is 13.2 Å². The first-order valence-electron chi connectivity index (χ1n) is 31.8. The van der Waals surface area contributed by atoms with E-state index in [1.54, 1.807) is 0 Å². The zero-order chi connectivity index (χ0) is 56.4. The number of unbranched alkanes of at least 4 members (excludes halogenated alkanes) is 21. The first kappa shape index (κ1) is 73.3. The number of ether oxygens (including phenoxy) is 3. The predicted octanol–water partition coefficient (Wildman–Crippen LogP) is 21.9. The minimum atomic E-state index is -0.791. The zero-order valence-corrected chi connectivity index (χ0v) is 50.4. The Bertz CT molecular complexity index is 1710. The van der Waals surface area contributed by atoms with Gasteiger partial charge in [-0.1, -0.05) is 276 Å². The molecule has 0 radical (unpaired) electrons. The molecule has 0 rings (SSSR count). The molecular weight excluding hydrogens is 961 g/mol. The Hall–Kier alpha value is -4.71. The van der Waals surface area contributed by atoms with Crippen LogP contribution in [0, 0.1) is 0 Å². The smallest absolute Gasteiger partial charge is 0.306 e. The van der Waals surface area contributed by atoms with Gasteiger partial charge >= 0.3 is 17.9 Å². The Kier molecular flexibility index (Phi) is 60.9. The molecule has 0 saturated carbocycles. The van der Waals surface area contributed by atoms with Gasteiger partial charge in [0.15, 0.2) is 6.10 Å². The number of rotatable bonds is 56. The van der Waals surface area contributed by atoms with Crippen molar-refractivity contribution in [2.45, 2.75) is 277 Å². The number of allylic oxidation sites excluding steroid dienone is 24. The highest BCUT2D eigenvalue weighted by Crippen LogP contribution is 2.15. The predicted molar refractivity (Wildman–Crippen MR) is 339 cm³/mol. The molecule has 0 aliphatic rings. The van der Waals surface area contributed by atoms with E-state index in [2.05, 4.69) is 167 Å². The molecule has 0 spiro atoms. The second kappa shape index (κ2) is 64.8. The summed E-state index contributed by atoms with van der Waals surface area (Å²) in [5, 5.41) is 0. The fourth-order valence-corrected chi connectivity index (χ4v) is 8.39. The number of hydrogen-bond donors (Lipinski definition) is 0. The van der Waals surface area contributed by atoms with E-state index in [1.165, 1.54) is 77.0 Å². The van der Waals surface area contributed by atoms with Gasteiger partial charge in [-0.15, -0.1) is 0 Å². The summed E-state index contributed by atoms with van der Waals surface area (Å²) in [6, 6.07) is 0. The summed E-state index contributed by atoms with van der Waals surface area (Å²) in [7, 11) is 0. The van der Waals surface area contributed by atoms with Crippen molar-refractivity contribution in [2.24, 2.45) is 0 Å². The Morgan fingerprint density at radius 1 is 0.269 bits per heavy atom. The average molecular weight is 1080 g/mol. The van der Waals surface area contributed by atoms with Gasteiger partial charge in [-0.2, -0.15) is 0 Å². The highest BCUT2D eigenvalue weighted by Gasteiger charge is 2.19. The van der Waals surface area contributed by atoms with Gasteiger partial charge in [-0.05, 0) is 122 Å². The molecule has 0 fully saturated rings. The van der Waals surface area contributed by atoms with E-state index >= 15 is 0 Å². The molecule has 1 atom stereocenters. The van der Waals surface area contributed by atoms with Gasteiger partial charge in [0.05, 0.1) is 0 Å². The highest BCUT2D eigenvalue weighted by atomic mass is 16.6. The molecule has 6 heteroatoms. The van der Waals surface area contributed by atoms with E-state index in [9.17, 15) is 14.4 Å². The Morgan fingerprint density at radius 2 is 0.500 bits per heavy atom. The molecule has 0 aliphatic carbocycles. The molecule has 0 aromatic rings. The van der Waals surface area contributed by atoms with Crippen molar-refractivity contribution in [1.82, 2.24) is 0 Å². The van der Waals surface area contributed by atoms with Gasteiger partial charge in [0.25, 0.3) is 0 Å². The lowest BCUT2D eigenvalue weighted by Gasteiger charge is -2.18. The Balaban J connectivity index is 4.18. The largest absolute Gasteiger partial charge is 0.462 e. The van der Waals surface area contributed by atoms with Gasteiger partial charge in [-0.25, -0.2) is 0 Å². The van der Waals surface area contributed by atoms with E-state index in [0.29, 0.717) is 19.3 Å². The average Bonchev–Trinajstić information content (AvgIpc) is 3.44. The summed E-state index contributed by atoms with van der Waals surface area (Å²) in [6.07, 6.45) is 93.1. The molecule has 6 nitrogen and oxygen atoms in total. The van der Waals surface area contributed by atoms with Crippen LogP contribution >= 0.6 is 0 Å². The van der Waals surface area contributed by atoms with Gasteiger partial charge in [-0.3, -0.25) is 14.4 Å².